The molecule has 0 bridgehead atoms. The lowest BCUT2D eigenvalue weighted by Crippen LogP contribution is -2.28. The maximum atomic E-state index is 13.6. The van der Waals surface area contributed by atoms with Crippen molar-refractivity contribution >= 4 is 63.8 Å². The number of aryl methyl sites for hydroxylation is 2. The van der Waals surface area contributed by atoms with Gasteiger partial charge in [-0.05, 0) is 107 Å². The highest BCUT2D eigenvalue weighted by atomic mass is 32.2. The van der Waals surface area contributed by atoms with Crippen molar-refractivity contribution in [3.05, 3.63) is 140 Å². The van der Waals surface area contributed by atoms with Crippen molar-refractivity contribution in [1.29, 1.82) is 0 Å². The third-order valence-electron chi connectivity index (χ3n) is 8.84. The smallest absolute Gasteiger partial charge is 0.335 e. The molecule has 0 amide bonds. The van der Waals surface area contributed by atoms with Crippen LogP contribution in [0.3, 0.4) is 0 Å². The molecular weight excluding hydrogens is 780 g/mol. The number of benzene rings is 4. The summed E-state index contributed by atoms with van der Waals surface area (Å²) >= 11 is 3.21. The molecule has 0 aliphatic heterocycles. The number of thioether (sulfide) groups is 2. The molecule has 298 valence electrons. The molecule has 0 atom stereocenters. The highest BCUT2D eigenvalue weighted by molar-refractivity contribution is 7.98. The molecule has 0 saturated carbocycles. The molecule has 0 aliphatic rings. The fraction of sp³-hybridized carbons (Fsp3) is 0.186. The average molecular weight is 821 g/mol. The highest BCUT2D eigenvalue weighted by Gasteiger charge is 2.24. The predicted molar refractivity (Wildman–Crippen MR) is 229 cm³/mol. The minimum Gasteiger partial charge on any atom is -0.478 e. The van der Waals surface area contributed by atoms with E-state index in [2.05, 4.69) is 20.8 Å². The molecule has 0 radical (unpaired) electrons. The number of Topliss-reactive ketones (excluding diaryl/α,β-unsaturated/α-hetero) is 2. The largest absolute Gasteiger partial charge is 0.478 e. The number of hydrogen-bond acceptors (Lipinski definition) is 11. The van der Waals surface area contributed by atoms with Gasteiger partial charge in [-0.2, -0.15) is 10.2 Å². The van der Waals surface area contributed by atoms with Crippen LogP contribution in [0.15, 0.2) is 116 Å². The lowest BCUT2D eigenvalue weighted by molar-refractivity contribution is 0.0696. The maximum Gasteiger partial charge on any atom is 0.335 e. The number of carboxylic acids is 1. The number of hydrogen-bond donors (Lipinski definition) is 3. The minimum atomic E-state index is -1.04. The van der Waals surface area contributed by atoms with Crippen molar-refractivity contribution in [1.82, 2.24) is 19.6 Å². The number of halogens is 1. The van der Waals surface area contributed by atoms with E-state index in [-0.39, 0.29) is 39.6 Å². The summed E-state index contributed by atoms with van der Waals surface area (Å²) in [5, 5.41) is 23.9. The van der Waals surface area contributed by atoms with Gasteiger partial charge in [0.05, 0.1) is 16.7 Å². The van der Waals surface area contributed by atoms with Crippen LogP contribution < -0.4 is 21.8 Å². The minimum absolute atomic E-state index is 0.0962. The average Bonchev–Trinajstić information content (AvgIpc) is 3.22. The molecule has 6 aromatic rings. The number of aromatic carboxylic acids is 1. The van der Waals surface area contributed by atoms with Gasteiger partial charge >= 0.3 is 5.97 Å². The molecule has 0 aliphatic carbocycles. The molecule has 2 heterocycles. The standard InChI is InChI=1S/C22H21N3O4S.C21H20FN3O2S/c1-4-25-21(27)20(23-16-9-5-15(6-10-16)22(28)29)18(13(2)26)19(24-25)14-7-11-17(30-3)12-8-14;1-4-25-21(27)20(23-16-7-5-6-15(22)12-16)18(13(2)26)19(24-25)14-8-10-17(28-3)11-9-14/h5-12,23H,4H2,1-3H3,(H,28,29);5-12,23H,4H2,1-3H3. The second kappa shape index (κ2) is 19.2. The second-order valence-corrected chi connectivity index (χ2v) is 14.4. The SMILES string of the molecule is CCn1nc(-c2ccc(SC)cc2)c(C(C)=O)c(Nc2ccc(C(=O)O)cc2)c1=O.CCn1nc(-c2ccc(SC)cc2)c(C(C)=O)c(Nc2cccc(F)c2)c1=O. The highest BCUT2D eigenvalue weighted by Crippen LogP contribution is 2.31. The number of aromatic nitrogens is 4. The van der Waals surface area contributed by atoms with Gasteiger partial charge in [-0.25, -0.2) is 18.5 Å². The van der Waals surface area contributed by atoms with E-state index in [0.29, 0.717) is 35.9 Å². The third-order valence-corrected chi connectivity index (χ3v) is 10.3. The second-order valence-electron chi connectivity index (χ2n) is 12.7. The normalized spacial score (nSPS) is 10.7. The van der Waals surface area contributed by atoms with Crippen LogP contribution in [0.4, 0.5) is 27.1 Å². The number of rotatable bonds is 13. The van der Waals surface area contributed by atoms with Crippen LogP contribution >= 0.6 is 23.5 Å². The van der Waals surface area contributed by atoms with Crippen LogP contribution in [0.25, 0.3) is 22.5 Å². The third kappa shape index (κ3) is 9.79. The van der Waals surface area contributed by atoms with Gasteiger partial charge in [0.2, 0.25) is 0 Å². The quantitative estimate of drug-likeness (QED) is 0.0749. The molecule has 12 nitrogen and oxygen atoms in total. The summed E-state index contributed by atoms with van der Waals surface area (Å²) < 4.78 is 16.2. The summed E-state index contributed by atoms with van der Waals surface area (Å²) in [5.74, 6) is -2.07. The Bertz CT molecular complexity index is 2590. The summed E-state index contributed by atoms with van der Waals surface area (Å²) in [5.41, 5.74) is 3.05. The van der Waals surface area contributed by atoms with Crippen LogP contribution in [0, 0.1) is 5.82 Å². The van der Waals surface area contributed by atoms with E-state index in [0.717, 1.165) is 20.9 Å². The van der Waals surface area contributed by atoms with Crippen molar-refractivity contribution in [2.24, 2.45) is 0 Å². The van der Waals surface area contributed by atoms with Gasteiger partial charge in [0, 0.05) is 45.4 Å². The molecule has 58 heavy (non-hydrogen) atoms. The van der Waals surface area contributed by atoms with Crippen molar-refractivity contribution < 1.29 is 23.9 Å². The van der Waals surface area contributed by atoms with Crippen LogP contribution in [-0.2, 0) is 13.1 Å². The Hall–Kier alpha value is -6.32. The van der Waals surface area contributed by atoms with Gasteiger partial charge in [0.25, 0.3) is 11.1 Å². The number of nitrogens with zero attached hydrogens (tertiary/aromatic N) is 4. The van der Waals surface area contributed by atoms with Crippen molar-refractivity contribution in [2.45, 2.75) is 50.6 Å². The lowest BCUT2D eigenvalue weighted by atomic mass is 10.0. The molecule has 0 spiro atoms. The molecule has 0 unspecified atom stereocenters. The Morgan fingerprint density at radius 3 is 1.45 bits per heavy atom. The Morgan fingerprint density at radius 1 is 0.655 bits per heavy atom. The van der Waals surface area contributed by atoms with Gasteiger partial charge in [-0.1, -0.05) is 30.3 Å². The van der Waals surface area contributed by atoms with Crippen molar-refractivity contribution in [2.75, 3.05) is 23.1 Å². The van der Waals surface area contributed by atoms with Gasteiger partial charge in [-0.15, -0.1) is 23.5 Å². The fourth-order valence-electron chi connectivity index (χ4n) is 5.94. The first-order chi connectivity index (χ1) is 27.8. The Morgan fingerprint density at radius 2 is 1.09 bits per heavy atom. The maximum absolute atomic E-state index is 13.6. The van der Waals surface area contributed by atoms with Crippen LogP contribution in [0.2, 0.25) is 0 Å². The zero-order valence-electron chi connectivity index (χ0n) is 32.6. The van der Waals surface area contributed by atoms with E-state index in [1.165, 1.54) is 53.5 Å². The Labute approximate surface area is 342 Å². The van der Waals surface area contributed by atoms with E-state index in [4.69, 9.17) is 5.11 Å². The van der Waals surface area contributed by atoms with Gasteiger partial charge in [0.15, 0.2) is 11.6 Å². The van der Waals surface area contributed by atoms with E-state index < -0.39 is 22.9 Å². The summed E-state index contributed by atoms with van der Waals surface area (Å²) in [7, 11) is 0. The molecule has 4 aromatic carbocycles. The lowest BCUT2D eigenvalue weighted by Gasteiger charge is -2.16. The predicted octanol–water partition coefficient (Wildman–Crippen LogP) is 9.03. The topological polar surface area (TPSA) is 165 Å². The molecule has 2 aromatic heterocycles. The van der Waals surface area contributed by atoms with E-state index in [1.54, 1.807) is 55.6 Å². The first-order valence-electron chi connectivity index (χ1n) is 18.0. The number of carboxylic acid groups (broad SMARTS) is 1. The zero-order chi connectivity index (χ0) is 42.1. The number of carbonyl (C=O) groups is 3. The first kappa shape index (κ1) is 42.8. The Kier molecular flexibility index (Phi) is 14.2. The van der Waals surface area contributed by atoms with Gasteiger partial charge < -0.3 is 15.7 Å². The Balaban J connectivity index is 0.000000221. The van der Waals surface area contributed by atoms with E-state index in [9.17, 15) is 28.4 Å². The molecule has 6 rings (SSSR count). The molecule has 15 heteroatoms. The molecular formula is C43H41FN6O6S2. The number of nitrogens with one attached hydrogen (secondary N) is 2. The monoisotopic (exact) mass is 820 g/mol. The zero-order valence-corrected chi connectivity index (χ0v) is 34.3. The summed E-state index contributed by atoms with van der Waals surface area (Å²) in [6.07, 6.45) is 3.95. The van der Waals surface area contributed by atoms with Crippen LogP contribution in [0.1, 0.15) is 58.8 Å². The molecule has 3 N–H and O–H groups in total. The fourth-order valence-corrected chi connectivity index (χ4v) is 6.76. The van der Waals surface area contributed by atoms with Crippen LogP contribution in [-0.4, -0.2) is 54.7 Å². The number of anilines is 4. The van der Waals surface area contributed by atoms with Crippen LogP contribution in [0.5, 0.6) is 0 Å². The molecule has 0 fully saturated rings. The van der Waals surface area contributed by atoms with Gasteiger partial charge in [0.1, 0.15) is 28.6 Å². The number of ketones is 2. The summed E-state index contributed by atoms with van der Waals surface area (Å²) in [6, 6.07) is 26.9. The first-order valence-corrected chi connectivity index (χ1v) is 20.5. The van der Waals surface area contributed by atoms with E-state index >= 15 is 0 Å². The van der Waals surface area contributed by atoms with Crippen molar-refractivity contribution in [3.8, 4) is 22.5 Å². The van der Waals surface area contributed by atoms with E-state index in [1.807, 2.05) is 61.0 Å². The van der Waals surface area contributed by atoms with Gasteiger partial charge in [-0.3, -0.25) is 19.2 Å². The number of carbonyl (C=O) groups excluding carboxylic acids is 2. The summed E-state index contributed by atoms with van der Waals surface area (Å²) in [6.45, 7) is 7.06. The molecule has 0 saturated heterocycles. The summed E-state index contributed by atoms with van der Waals surface area (Å²) in [4.78, 5) is 64.1. The van der Waals surface area contributed by atoms with Crippen molar-refractivity contribution in [3.63, 3.8) is 0 Å².